The predicted molar refractivity (Wildman–Crippen MR) is 267 cm³/mol. The van der Waals surface area contributed by atoms with E-state index in [2.05, 4.69) is 28.6 Å². The molecule has 6 aromatic carbocycles. The third kappa shape index (κ3) is 9.34. The lowest BCUT2D eigenvalue weighted by Crippen LogP contribution is -2.55. The van der Waals surface area contributed by atoms with Crippen LogP contribution in [0.3, 0.4) is 0 Å². The molecule has 0 unspecified atom stereocenters. The second-order valence-corrected chi connectivity index (χ2v) is 17.8. The summed E-state index contributed by atoms with van der Waals surface area (Å²) in [6.45, 7) is 4.23. The van der Waals surface area contributed by atoms with E-state index in [9.17, 15) is 20.0 Å². The fourth-order valence-corrected chi connectivity index (χ4v) is 10.3. The number of cyclic esters (lactones) is 1. The normalized spacial score (nSPS) is 21.0. The van der Waals surface area contributed by atoms with Crippen LogP contribution in [0.1, 0.15) is 57.1 Å². The van der Waals surface area contributed by atoms with Crippen LogP contribution < -0.4 is 15.0 Å². The molecule has 0 saturated carbocycles. The number of fused-ring (bicyclic) bond motifs is 3. The van der Waals surface area contributed by atoms with Crippen LogP contribution in [0.2, 0.25) is 0 Å². The van der Waals surface area contributed by atoms with Gasteiger partial charge < -0.3 is 24.6 Å². The molecule has 3 aliphatic rings. The van der Waals surface area contributed by atoms with Gasteiger partial charge in [-0.2, -0.15) is 0 Å². The predicted octanol–water partition coefficient (Wildman–Crippen LogP) is 7.75. The Labute approximate surface area is 416 Å². The number of carbonyl (C=O) groups is 4. The van der Waals surface area contributed by atoms with Gasteiger partial charge in [-0.15, -0.1) is 6.58 Å². The zero-order valence-corrected chi connectivity index (χ0v) is 39.3. The van der Waals surface area contributed by atoms with E-state index in [1.54, 1.807) is 42.5 Å². The summed E-state index contributed by atoms with van der Waals surface area (Å²) in [5.74, 6) is 3.13. The Morgan fingerprint density at radius 1 is 0.861 bits per heavy atom. The molecule has 2 N–H and O–H groups in total. The number of hydrogen-bond acceptors (Lipinski definition) is 12. The Morgan fingerprint density at radius 2 is 1.53 bits per heavy atom. The monoisotopic (exact) mass is 965 g/mol. The Hall–Kier alpha value is -8.42. The van der Waals surface area contributed by atoms with Crippen molar-refractivity contribution in [2.45, 2.75) is 42.8 Å². The summed E-state index contributed by atoms with van der Waals surface area (Å²) in [6.07, 6.45) is -0.529. The van der Waals surface area contributed by atoms with Gasteiger partial charge in [0.2, 0.25) is 11.8 Å². The Morgan fingerprint density at radius 3 is 2.18 bits per heavy atom. The Kier molecular flexibility index (Phi) is 14.4. The summed E-state index contributed by atoms with van der Waals surface area (Å²) >= 11 is 0. The topological polar surface area (TPSA) is 181 Å². The number of ether oxygens (including phenoxy) is 3. The molecule has 15 nitrogen and oxygen atoms in total. The number of benzene rings is 6. The van der Waals surface area contributed by atoms with E-state index in [1.165, 1.54) is 30.3 Å². The van der Waals surface area contributed by atoms with Gasteiger partial charge in [0.25, 0.3) is 5.69 Å². The molecule has 6 aromatic rings. The average Bonchev–Trinajstić information content (AvgIpc) is 3.86. The Balaban J connectivity index is 1.27. The second-order valence-electron chi connectivity index (χ2n) is 17.8. The van der Waals surface area contributed by atoms with Gasteiger partial charge in [-0.1, -0.05) is 121 Å². The fourth-order valence-electron chi connectivity index (χ4n) is 10.3. The van der Waals surface area contributed by atoms with Crippen LogP contribution in [0.15, 0.2) is 170 Å². The van der Waals surface area contributed by atoms with Crippen LogP contribution in [-0.4, -0.2) is 83.1 Å². The summed E-state index contributed by atoms with van der Waals surface area (Å²) in [5, 5.41) is 23.9. The molecule has 2 fully saturated rings. The molecule has 9 rings (SSSR count). The highest BCUT2D eigenvalue weighted by molar-refractivity contribution is 6.23. The van der Waals surface area contributed by atoms with Crippen molar-refractivity contribution in [1.29, 1.82) is 0 Å². The summed E-state index contributed by atoms with van der Waals surface area (Å²) in [5.41, 5.74) is 2.02. The zero-order valence-electron chi connectivity index (χ0n) is 39.3. The third-order valence-corrected chi connectivity index (χ3v) is 13.3. The number of nitro benzene ring substituents is 1. The molecule has 2 saturated heterocycles. The molecule has 0 aliphatic carbocycles. The number of esters is 1. The first-order valence-electron chi connectivity index (χ1n) is 23.5. The maximum atomic E-state index is 16.4. The molecular weight excluding hydrogens is 915 g/mol. The molecular formula is C57H51N5O10. The molecule has 3 amide bonds. The van der Waals surface area contributed by atoms with Crippen LogP contribution in [0.25, 0.3) is 0 Å². The molecule has 1 spiro atoms. The number of nitrogens with zero attached hydrogens (tertiary/aromatic N) is 4. The molecule has 15 heteroatoms. The van der Waals surface area contributed by atoms with Gasteiger partial charge >= 0.3 is 12.1 Å². The number of imide groups is 1. The van der Waals surface area contributed by atoms with Crippen LogP contribution in [0.5, 0.6) is 5.75 Å². The van der Waals surface area contributed by atoms with Gasteiger partial charge in [0.05, 0.1) is 41.8 Å². The molecule has 3 aliphatic heterocycles. The minimum Gasteiger partial charge on any atom is -0.491 e. The number of carbonyl (C=O) groups excluding carboxylic acids is 4. The van der Waals surface area contributed by atoms with Crippen LogP contribution in [-0.2, 0) is 42.4 Å². The van der Waals surface area contributed by atoms with E-state index < -0.39 is 64.4 Å². The van der Waals surface area contributed by atoms with Gasteiger partial charge in [-0.3, -0.25) is 34.3 Å². The van der Waals surface area contributed by atoms with Crippen molar-refractivity contribution < 1.29 is 43.4 Å². The molecule has 3 heterocycles. The quantitative estimate of drug-likeness (QED) is 0.0336. The molecule has 6 atom stereocenters. The number of nitro groups is 1. The second kappa shape index (κ2) is 21.3. The first kappa shape index (κ1) is 48.6. The molecule has 0 aromatic heterocycles. The minimum atomic E-state index is -2.08. The average molecular weight is 966 g/mol. The van der Waals surface area contributed by atoms with Crippen molar-refractivity contribution in [2.75, 3.05) is 38.3 Å². The van der Waals surface area contributed by atoms with Crippen LogP contribution in [0.4, 0.5) is 16.2 Å². The maximum Gasteiger partial charge on any atom is 0.421 e. The number of aliphatic hydroxyl groups excluding tert-OH is 1. The van der Waals surface area contributed by atoms with Gasteiger partial charge in [-0.05, 0) is 82.9 Å². The minimum absolute atomic E-state index is 0.0157. The van der Waals surface area contributed by atoms with Gasteiger partial charge in [0.1, 0.15) is 36.5 Å². The smallest absolute Gasteiger partial charge is 0.421 e. The van der Waals surface area contributed by atoms with E-state index >= 15 is 14.4 Å². The molecule has 364 valence electrons. The number of aliphatic hydroxyl groups is 1. The molecule has 72 heavy (non-hydrogen) atoms. The molecule has 0 radical (unpaired) electrons. The lowest BCUT2D eigenvalue weighted by atomic mass is 9.65. The number of morpholine rings is 1. The van der Waals surface area contributed by atoms with Gasteiger partial charge in [0.15, 0.2) is 0 Å². The molecule has 0 bridgehead atoms. The number of anilines is 1. The largest absolute Gasteiger partial charge is 0.491 e. The summed E-state index contributed by atoms with van der Waals surface area (Å²) in [6, 6.07) is 42.6. The van der Waals surface area contributed by atoms with Crippen molar-refractivity contribution >= 4 is 35.3 Å². The maximum absolute atomic E-state index is 16.4. The number of rotatable bonds is 15. The van der Waals surface area contributed by atoms with E-state index in [1.807, 2.05) is 103 Å². The lowest BCUT2D eigenvalue weighted by Gasteiger charge is -2.46. The van der Waals surface area contributed by atoms with Crippen molar-refractivity contribution in [3.63, 3.8) is 0 Å². The SMILES string of the molecule is C=CCNC(=O)[C@H]1[C@@H]2C(=O)O[C@@H](c3ccccc3)[C@@H](c3ccccc3)N2[C@@H](c2ccc(OCCO)cc2)[C@]12C(=O)N(C(=O)OCc1ccc([N+](=O)[O-])cc1)c1ccc(C#CCN(C)Cc3ccccc3)cc12. The number of hydrogen-bond donors (Lipinski definition) is 2. The van der Waals surface area contributed by atoms with Crippen molar-refractivity contribution in [2.24, 2.45) is 5.92 Å². The highest BCUT2D eigenvalue weighted by atomic mass is 16.6. The van der Waals surface area contributed by atoms with E-state index in [-0.39, 0.29) is 43.3 Å². The number of amides is 3. The highest BCUT2D eigenvalue weighted by Crippen LogP contribution is 2.66. The zero-order chi connectivity index (χ0) is 50.4. The number of non-ortho nitro benzene ring substituents is 1. The summed E-state index contributed by atoms with van der Waals surface area (Å²) < 4.78 is 18.2. The fraction of sp³-hybridized carbons (Fsp3) is 0.228. The van der Waals surface area contributed by atoms with Crippen molar-refractivity contribution in [1.82, 2.24) is 15.1 Å². The van der Waals surface area contributed by atoms with Gasteiger partial charge in [0, 0.05) is 30.8 Å². The van der Waals surface area contributed by atoms with E-state index in [0.29, 0.717) is 41.1 Å². The van der Waals surface area contributed by atoms with E-state index in [4.69, 9.17) is 14.2 Å². The standard InChI is InChI=1S/C57H51N5O10/c1-3-31-58-53(64)48-50-54(65)72-51(42-19-11-6-12-20-42)49(41-17-9-5-10-18-41)61(50)52(43-24-28-45(29-25-43)70-34-33-63)57(48)46-35-38(16-13-32-59(2)36-39-14-7-4-8-15-39)23-30-47(46)60(55(57)66)56(67)71-37-40-21-26-44(27-22-40)62(68)69/h3-12,14-15,17-30,35,48-52,63H,1,31-34,36-37H2,2H3,(H,58,64)/t48-,49-,50-,51+,52+,57-/m1/s1. The van der Waals surface area contributed by atoms with Gasteiger partial charge in [-0.25, -0.2) is 9.69 Å². The Bertz CT molecular complexity index is 3040. The third-order valence-electron chi connectivity index (χ3n) is 13.3. The van der Waals surface area contributed by atoms with E-state index in [0.717, 1.165) is 16.0 Å². The van der Waals surface area contributed by atoms with Crippen molar-refractivity contribution in [3.8, 4) is 17.6 Å². The van der Waals surface area contributed by atoms with Crippen LogP contribution in [0, 0.1) is 27.9 Å². The lowest BCUT2D eigenvalue weighted by molar-refractivity contribution is -0.384. The first-order valence-corrected chi connectivity index (χ1v) is 23.5. The summed E-state index contributed by atoms with van der Waals surface area (Å²) in [7, 11) is 1.95. The number of nitrogens with one attached hydrogen (secondary N) is 1. The van der Waals surface area contributed by atoms with Crippen molar-refractivity contribution in [3.05, 3.63) is 219 Å². The highest BCUT2D eigenvalue weighted by Gasteiger charge is 2.75. The summed E-state index contributed by atoms with van der Waals surface area (Å²) in [4.78, 5) is 77.7. The first-order chi connectivity index (χ1) is 35.0. The van der Waals surface area contributed by atoms with Crippen LogP contribution >= 0.6 is 0 Å².